The highest BCUT2D eigenvalue weighted by molar-refractivity contribution is 5.89. The van der Waals surface area contributed by atoms with Crippen LogP contribution in [0.1, 0.15) is 26.7 Å². The van der Waals surface area contributed by atoms with E-state index in [-0.39, 0.29) is 25.2 Å². The summed E-state index contributed by atoms with van der Waals surface area (Å²) in [5.41, 5.74) is -0.796. The fourth-order valence-electron chi connectivity index (χ4n) is 3.85. The number of carbonyl (C=O) groups excluding carboxylic acids is 2. The van der Waals surface area contributed by atoms with Gasteiger partial charge in [0.15, 0.2) is 5.60 Å². The van der Waals surface area contributed by atoms with Gasteiger partial charge in [0.2, 0.25) is 0 Å². The Morgan fingerprint density at radius 2 is 2.20 bits per heavy atom. The van der Waals surface area contributed by atoms with Gasteiger partial charge in [0.25, 0.3) is 0 Å². The molecule has 0 aromatic heterocycles. The second-order valence-corrected chi connectivity index (χ2v) is 7.03. The van der Waals surface area contributed by atoms with Crippen LogP contribution < -0.4 is 0 Å². The first kappa shape index (κ1) is 18.1. The van der Waals surface area contributed by atoms with Crippen molar-refractivity contribution in [3.63, 3.8) is 0 Å². The topological polar surface area (TPSA) is 96.3 Å². The van der Waals surface area contributed by atoms with E-state index >= 15 is 0 Å². The number of rotatable bonds is 1. The van der Waals surface area contributed by atoms with E-state index in [0.29, 0.717) is 5.57 Å². The third-order valence-corrected chi connectivity index (χ3v) is 5.59. The highest BCUT2D eigenvalue weighted by Crippen LogP contribution is 2.34. The van der Waals surface area contributed by atoms with E-state index in [1.165, 1.54) is 0 Å². The average Bonchev–Trinajstić information content (AvgIpc) is 3.18. The Balaban J connectivity index is 1.93. The van der Waals surface area contributed by atoms with Crippen LogP contribution in [-0.4, -0.2) is 71.1 Å². The quantitative estimate of drug-likeness (QED) is 0.395. The fourth-order valence-corrected chi connectivity index (χ4v) is 3.85. The minimum absolute atomic E-state index is 0.0273. The summed E-state index contributed by atoms with van der Waals surface area (Å²) in [7, 11) is 0. The molecule has 7 heteroatoms. The molecule has 7 nitrogen and oxygen atoms in total. The van der Waals surface area contributed by atoms with Crippen LogP contribution in [0.4, 0.5) is 0 Å². The summed E-state index contributed by atoms with van der Waals surface area (Å²) >= 11 is 0. The first-order valence-electron chi connectivity index (χ1n) is 8.70. The van der Waals surface area contributed by atoms with Crippen molar-refractivity contribution >= 4 is 11.9 Å². The summed E-state index contributed by atoms with van der Waals surface area (Å²) in [6.45, 7) is 4.12. The summed E-state index contributed by atoms with van der Waals surface area (Å²) in [6, 6.07) is -0.0890. The minimum Gasteiger partial charge on any atom is -0.459 e. The third-order valence-electron chi connectivity index (χ3n) is 5.59. The Morgan fingerprint density at radius 3 is 2.88 bits per heavy atom. The molecule has 2 fully saturated rings. The van der Waals surface area contributed by atoms with Gasteiger partial charge < -0.3 is 19.7 Å². The number of aliphatic hydroxyl groups excluding tert-OH is 1. The van der Waals surface area contributed by atoms with Crippen LogP contribution in [0.3, 0.4) is 0 Å². The van der Waals surface area contributed by atoms with Crippen molar-refractivity contribution in [1.82, 2.24) is 4.90 Å². The van der Waals surface area contributed by atoms with E-state index in [4.69, 9.17) is 9.47 Å². The maximum absolute atomic E-state index is 12.6. The number of ether oxygens (including phenoxy) is 2. The number of esters is 2. The third kappa shape index (κ3) is 3.12. The van der Waals surface area contributed by atoms with Crippen LogP contribution >= 0.6 is 0 Å². The zero-order valence-corrected chi connectivity index (χ0v) is 14.6. The van der Waals surface area contributed by atoms with Gasteiger partial charge in [-0.05, 0) is 25.3 Å². The molecule has 0 amide bonds. The van der Waals surface area contributed by atoms with Crippen molar-refractivity contribution in [2.45, 2.75) is 44.4 Å². The number of hydrogen-bond donors (Lipinski definition) is 2. The monoisotopic (exact) mass is 351 g/mol. The molecule has 0 spiro atoms. The lowest BCUT2D eigenvalue weighted by atomic mass is 9.84. The molecule has 138 valence electrons. The van der Waals surface area contributed by atoms with Gasteiger partial charge in [0.05, 0.1) is 12.6 Å². The summed E-state index contributed by atoms with van der Waals surface area (Å²) in [5, 5.41) is 20.2. The predicted octanol–water partition coefficient (Wildman–Crippen LogP) is 0.165. The van der Waals surface area contributed by atoms with Crippen LogP contribution in [0, 0.1) is 5.92 Å². The van der Waals surface area contributed by atoms with E-state index in [0.717, 1.165) is 25.1 Å². The zero-order valence-electron chi connectivity index (χ0n) is 14.6. The van der Waals surface area contributed by atoms with Crippen molar-refractivity contribution in [2.75, 3.05) is 26.3 Å². The molecule has 0 aliphatic carbocycles. The summed E-state index contributed by atoms with van der Waals surface area (Å²) in [4.78, 5) is 27.2. The molecule has 2 saturated heterocycles. The van der Waals surface area contributed by atoms with Gasteiger partial charge in [-0.3, -0.25) is 4.90 Å². The molecule has 0 aromatic rings. The molecular weight excluding hydrogens is 326 g/mol. The Morgan fingerprint density at radius 1 is 1.44 bits per heavy atom. The maximum atomic E-state index is 12.6. The SMILES string of the molecule is C/C=C1\C[C@@H](C)[C@](O)(CO)C(=O)OCC2=CCN3CCC(OC1=O)C23. The average molecular weight is 351 g/mol. The second-order valence-electron chi connectivity index (χ2n) is 7.03. The number of carbonyl (C=O) groups is 2. The standard InChI is InChI=1S/C18H25NO6/c1-3-12-8-11(2)18(23,10-20)17(22)24-9-13-4-6-19-7-5-14(15(13)19)25-16(12)21/h3-4,11,14-15,20,23H,5-10H2,1-2H3/b12-3+/t11-,14?,15?,18-/m1/s1. The van der Waals surface area contributed by atoms with Crippen molar-refractivity contribution in [2.24, 2.45) is 5.92 Å². The van der Waals surface area contributed by atoms with Gasteiger partial charge in [0.1, 0.15) is 12.7 Å². The van der Waals surface area contributed by atoms with Gasteiger partial charge in [-0.15, -0.1) is 0 Å². The molecular formula is C18H25NO6. The number of hydrogen-bond acceptors (Lipinski definition) is 7. The number of cyclic esters (lactones) is 1. The summed E-state index contributed by atoms with van der Waals surface area (Å²) in [6.07, 6.45) is 4.20. The van der Waals surface area contributed by atoms with Crippen LogP contribution in [0.5, 0.6) is 0 Å². The molecule has 25 heavy (non-hydrogen) atoms. The Hall–Kier alpha value is -1.70. The van der Waals surface area contributed by atoms with Crippen LogP contribution in [0.15, 0.2) is 23.3 Å². The lowest BCUT2D eigenvalue weighted by Gasteiger charge is -2.32. The molecule has 0 radical (unpaired) electrons. The number of allylic oxidation sites excluding steroid dienone is 1. The van der Waals surface area contributed by atoms with E-state index in [9.17, 15) is 19.8 Å². The predicted molar refractivity (Wildman–Crippen MR) is 88.5 cm³/mol. The zero-order chi connectivity index (χ0) is 18.2. The lowest BCUT2D eigenvalue weighted by molar-refractivity contribution is -0.176. The van der Waals surface area contributed by atoms with Crippen molar-refractivity contribution < 1.29 is 29.3 Å². The molecule has 3 aliphatic heterocycles. The first-order chi connectivity index (χ1) is 11.9. The second kappa shape index (κ2) is 6.90. The summed E-state index contributed by atoms with van der Waals surface area (Å²) < 4.78 is 11.1. The van der Waals surface area contributed by atoms with Gasteiger partial charge in [0, 0.05) is 24.6 Å². The van der Waals surface area contributed by atoms with E-state index in [1.54, 1.807) is 19.9 Å². The van der Waals surface area contributed by atoms with Gasteiger partial charge >= 0.3 is 11.9 Å². The first-order valence-corrected chi connectivity index (χ1v) is 8.70. The molecule has 3 rings (SSSR count). The molecule has 3 heterocycles. The Kier molecular flexibility index (Phi) is 4.99. The van der Waals surface area contributed by atoms with Crippen LogP contribution in [0.25, 0.3) is 0 Å². The lowest BCUT2D eigenvalue weighted by Crippen LogP contribution is -2.50. The van der Waals surface area contributed by atoms with Crippen molar-refractivity contribution in [1.29, 1.82) is 0 Å². The van der Waals surface area contributed by atoms with Gasteiger partial charge in [-0.2, -0.15) is 0 Å². The smallest absolute Gasteiger partial charge is 0.341 e. The molecule has 0 bridgehead atoms. The Bertz CT molecular complexity index is 627. The van der Waals surface area contributed by atoms with Crippen LogP contribution in [-0.2, 0) is 19.1 Å². The van der Waals surface area contributed by atoms with Gasteiger partial charge in [-0.1, -0.05) is 19.1 Å². The largest absolute Gasteiger partial charge is 0.459 e. The normalized spacial score (nSPS) is 38.5. The maximum Gasteiger partial charge on any atom is 0.341 e. The molecule has 4 atom stereocenters. The number of nitrogens with zero attached hydrogens (tertiary/aromatic N) is 1. The summed E-state index contributed by atoms with van der Waals surface area (Å²) in [5.74, 6) is -1.99. The molecule has 2 N–H and O–H groups in total. The van der Waals surface area contributed by atoms with Crippen molar-refractivity contribution in [3.05, 3.63) is 23.3 Å². The van der Waals surface area contributed by atoms with Crippen LogP contribution in [0.2, 0.25) is 0 Å². The van der Waals surface area contributed by atoms with E-state index < -0.39 is 30.1 Å². The molecule has 0 aromatic carbocycles. The molecule has 2 unspecified atom stereocenters. The molecule has 0 saturated carbocycles. The highest BCUT2D eigenvalue weighted by Gasteiger charge is 2.46. The molecule has 3 aliphatic rings. The minimum atomic E-state index is -2.05. The van der Waals surface area contributed by atoms with E-state index in [1.807, 2.05) is 6.08 Å². The number of aliphatic hydroxyl groups is 2. The van der Waals surface area contributed by atoms with E-state index in [2.05, 4.69) is 4.90 Å². The fraction of sp³-hybridized carbons (Fsp3) is 0.667. The van der Waals surface area contributed by atoms with Gasteiger partial charge in [-0.25, -0.2) is 9.59 Å². The highest BCUT2D eigenvalue weighted by atomic mass is 16.6. The Labute approximate surface area is 146 Å². The van der Waals surface area contributed by atoms with Crippen molar-refractivity contribution in [3.8, 4) is 0 Å².